The molecule has 0 amide bonds. The normalized spacial score (nSPS) is 11.0. The Balaban J connectivity index is 2.42. The van der Waals surface area contributed by atoms with Gasteiger partial charge in [-0.15, -0.1) is 0 Å². The monoisotopic (exact) mass is 261 g/mol. The molecule has 0 saturated carbocycles. The summed E-state index contributed by atoms with van der Waals surface area (Å²) in [7, 11) is 0. The highest BCUT2D eigenvalue weighted by atomic mass is 19.2. The summed E-state index contributed by atoms with van der Waals surface area (Å²) < 4.78 is 38.6. The molecule has 1 aromatic rings. The summed E-state index contributed by atoms with van der Waals surface area (Å²) in [6, 6.07) is 0.495. The number of nitrogens with one attached hydrogen (secondary N) is 1. The molecule has 6 heteroatoms. The zero-order valence-electron chi connectivity index (χ0n) is 10.6. The van der Waals surface area contributed by atoms with Crippen LogP contribution >= 0.6 is 0 Å². The summed E-state index contributed by atoms with van der Waals surface area (Å²) in [5.41, 5.74) is 0. The van der Waals surface area contributed by atoms with Gasteiger partial charge in [-0.3, -0.25) is 0 Å². The van der Waals surface area contributed by atoms with E-state index in [2.05, 4.69) is 29.0 Å². The van der Waals surface area contributed by atoms with Crippen LogP contribution < -0.4 is 5.32 Å². The molecule has 0 radical (unpaired) electrons. The van der Waals surface area contributed by atoms with E-state index in [1.807, 2.05) is 0 Å². The van der Waals surface area contributed by atoms with E-state index in [1.54, 1.807) is 0 Å². The molecule has 102 valence electrons. The molecule has 0 aliphatic rings. The topological polar surface area (TPSA) is 28.2 Å². The first-order valence-corrected chi connectivity index (χ1v) is 6.06. The van der Waals surface area contributed by atoms with Crippen molar-refractivity contribution in [3.8, 4) is 0 Å². The fourth-order valence-corrected chi connectivity index (χ4v) is 1.62. The van der Waals surface area contributed by atoms with E-state index in [0.29, 0.717) is 12.6 Å². The van der Waals surface area contributed by atoms with Gasteiger partial charge in [0.1, 0.15) is 0 Å². The van der Waals surface area contributed by atoms with Crippen molar-refractivity contribution in [1.82, 2.24) is 9.88 Å². The molecule has 1 heterocycles. The Bertz CT molecular complexity index is 381. The SMILES string of the molecule is CCN(CC)CCCNc1nc(F)c(F)cc1F. The lowest BCUT2D eigenvalue weighted by atomic mass is 10.3. The highest BCUT2D eigenvalue weighted by molar-refractivity contribution is 5.35. The van der Waals surface area contributed by atoms with Crippen LogP contribution in [-0.2, 0) is 0 Å². The van der Waals surface area contributed by atoms with Gasteiger partial charge in [-0.2, -0.15) is 9.37 Å². The Morgan fingerprint density at radius 2 is 1.83 bits per heavy atom. The molecule has 0 spiro atoms. The average molecular weight is 261 g/mol. The van der Waals surface area contributed by atoms with Gasteiger partial charge in [0.25, 0.3) is 5.95 Å². The van der Waals surface area contributed by atoms with Gasteiger partial charge >= 0.3 is 0 Å². The third-order valence-electron chi connectivity index (χ3n) is 2.72. The summed E-state index contributed by atoms with van der Waals surface area (Å²) in [6.07, 6.45) is 0.780. The van der Waals surface area contributed by atoms with Crippen molar-refractivity contribution < 1.29 is 13.2 Å². The molecule has 1 aromatic heterocycles. The van der Waals surface area contributed by atoms with Crippen LogP contribution in [0.2, 0.25) is 0 Å². The predicted octanol–water partition coefficient (Wildman–Crippen LogP) is 2.64. The van der Waals surface area contributed by atoms with Gasteiger partial charge in [0.15, 0.2) is 17.5 Å². The zero-order valence-corrected chi connectivity index (χ0v) is 10.6. The number of hydrogen-bond acceptors (Lipinski definition) is 3. The summed E-state index contributed by atoms with van der Waals surface area (Å²) >= 11 is 0. The van der Waals surface area contributed by atoms with Crippen molar-refractivity contribution >= 4 is 5.82 Å². The quantitative estimate of drug-likeness (QED) is 0.604. The number of pyridine rings is 1. The van der Waals surface area contributed by atoms with Gasteiger partial charge < -0.3 is 10.2 Å². The third kappa shape index (κ3) is 4.18. The average Bonchev–Trinajstić information content (AvgIpc) is 2.35. The van der Waals surface area contributed by atoms with Crippen LogP contribution in [0.5, 0.6) is 0 Å². The second-order valence-corrected chi connectivity index (χ2v) is 3.90. The van der Waals surface area contributed by atoms with Gasteiger partial charge in [-0.25, -0.2) is 8.78 Å². The van der Waals surface area contributed by atoms with Gasteiger partial charge in [0, 0.05) is 12.6 Å². The largest absolute Gasteiger partial charge is 0.367 e. The van der Waals surface area contributed by atoms with Crippen LogP contribution in [0.1, 0.15) is 20.3 Å². The van der Waals surface area contributed by atoms with Crippen molar-refractivity contribution in [3.63, 3.8) is 0 Å². The van der Waals surface area contributed by atoms with Gasteiger partial charge in [-0.05, 0) is 26.1 Å². The van der Waals surface area contributed by atoms with Crippen LogP contribution in [0.4, 0.5) is 19.0 Å². The maximum absolute atomic E-state index is 13.2. The van der Waals surface area contributed by atoms with E-state index in [0.717, 1.165) is 26.1 Å². The first-order valence-electron chi connectivity index (χ1n) is 6.06. The van der Waals surface area contributed by atoms with Crippen molar-refractivity contribution in [3.05, 3.63) is 23.6 Å². The molecule has 0 unspecified atom stereocenters. The van der Waals surface area contributed by atoms with Gasteiger partial charge in [0.05, 0.1) is 0 Å². The molecule has 0 saturated heterocycles. The fraction of sp³-hybridized carbons (Fsp3) is 0.583. The molecular formula is C12H18F3N3. The maximum Gasteiger partial charge on any atom is 0.251 e. The number of anilines is 1. The van der Waals surface area contributed by atoms with E-state index >= 15 is 0 Å². The first kappa shape index (κ1) is 14.8. The molecule has 0 aliphatic carbocycles. The highest BCUT2D eigenvalue weighted by Crippen LogP contribution is 2.13. The minimum atomic E-state index is -1.29. The highest BCUT2D eigenvalue weighted by Gasteiger charge is 2.10. The predicted molar refractivity (Wildman–Crippen MR) is 65.0 cm³/mol. The molecule has 1 N–H and O–H groups in total. The van der Waals surface area contributed by atoms with E-state index < -0.39 is 17.6 Å². The number of rotatable bonds is 7. The third-order valence-corrected chi connectivity index (χ3v) is 2.72. The van der Waals surface area contributed by atoms with Gasteiger partial charge in [-0.1, -0.05) is 13.8 Å². The summed E-state index contributed by atoms with van der Waals surface area (Å²) in [5, 5.41) is 2.67. The van der Waals surface area contributed by atoms with Crippen LogP contribution in [0, 0.1) is 17.6 Å². The van der Waals surface area contributed by atoms with Crippen molar-refractivity contribution in [2.75, 3.05) is 31.5 Å². The zero-order chi connectivity index (χ0) is 13.5. The molecule has 18 heavy (non-hydrogen) atoms. The first-order chi connectivity index (χ1) is 8.58. The summed E-state index contributed by atoms with van der Waals surface area (Å²) in [6.45, 7) is 7.36. The van der Waals surface area contributed by atoms with Crippen molar-refractivity contribution in [1.29, 1.82) is 0 Å². The van der Waals surface area contributed by atoms with E-state index in [4.69, 9.17) is 0 Å². The molecule has 3 nitrogen and oxygen atoms in total. The molecule has 0 fully saturated rings. The number of hydrogen-bond donors (Lipinski definition) is 1. The Labute approximate surface area is 105 Å². The second kappa shape index (κ2) is 7.20. The lowest BCUT2D eigenvalue weighted by Gasteiger charge is -2.17. The lowest BCUT2D eigenvalue weighted by molar-refractivity contribution is 0.303. The Morgan fingerprint density at radius 1 is 1.17 bits per heavy atom. The summed E-state index contributed by atoms with van der Waals surface area (Å²) in [4.78, 5) is 5.41. The summed E-state index contributed by atoms with van der Waals surface area (Å²) in [5.74, 6) is -3.69. The minimum Gasteiger partial charge on any atom is -0.367 e. The van der Waals surface area contributed by atoms with Gasteiger partial charge in [0.2, 0.25) is 0 Å². The smallest absolute Gasteiger partial charge is 0.251 e. The molecule has 0 bridgehead atoms. The maximum atomic E-state index is 13.2. The number of nitrogens with zero attached hydrogens (tertiary/aromatic N) is 2. The van der Waals surface area contributed by atoms with Crippen LogP contribution in [0.15, 0.2) is 6.07 Å². The van der Waals surface area contributed by atoms with E-state index in [1.165, 1.54) is 0 Å². The van der Waals surface area contributed by atoms with Crippen LogP contribution in [0.25, 0.3) is 0 Å². The second-order valence-electron chi connectivity index (χ2n) is 3.90. The molecule has 1 rings (SSSR count). The standard InChI is InChI=1S/C12H18F3N3/c1-3-18(4-2)7-5-6-16-12-10(14)8-9(13)11(15)17-12/h8H,3-7H2,1-2H3,(H,16,17). The Hall–Kier alpha value is -1.30. The lowest BCUT2D eigenvalue weighted by Crippen LogP contribution is -2.25. The molecule has 0 aromatic carbocycles. The van der Waals surface area contributed by atoms with E-state index in [-0.39, 0.29) is 5.82 Å². The Morgan fingerprint density at radius 3 is 2.44 bits per heavy atom. The molecule has 0 aliphatic heterocycles. The number of halogens is 3. The molecule has 0 atom stereocenters. The van der Waals surface area contributed by atoms with Crippen molar-refractivity contribution in [2.24, 2.45) is 0 Å². The van der Waals surface area contributed by atoms with Crippen molar-refractivity contribution in [2.45, 2.75) is 20.3 Å². The van der Waals surface area contributed by atoms with Crippen LogP contribution in [0.3, 0.4) is 0 Å². The molecular weight excluding hydrogens is 243 g/mol. The minimum absolute atomic E-state index is 0.242. The van der Waals surface area contributed by atoms with E-state index in [9.17, 15) is 13.2 Å². The fourth-order valence-electron chi connectivity index (χ4n) is 1.62. The number of aromatic nitrogens is 1. The Kier molecular flexibility index (Phi) is 5.91. The van der Waals surface area contributed by atoms with Crippen LogP contribution in [-0.4, -0.2) is 36.1 Å².